The van der Waals surface area contributed by atoms with E-state index in [9.17, 15) is 0 Å². The van der Waals surface area contributed by atoms with Gasteiger partial charge < -0.3 is 5.73 Å². The Morgan fingerprint density at radius 1 is 0.833 bits per heavy atom. The lowest BCUT2D eigenvalue weighted by Crippen LogP contribution is -1.97. The number of rotatable bonds is 8. The van der Waals surface area contributed by atoms with Gasteiger partial charge in [-0.25, -0.2) is 0 Å². The van der Waals surface area contributed by atoms with Crippen molar-refractivity contribution in [3.63, 3.8) is 0 Å². The fraction of sp³-hybridized carbons (Fsp3) is 1.00. The summed E-state index contributed by atoms with van der Waals surface area (Å²) in [6.07, 6.45) is 7.57. The summed E-state index contributed by atoms with van der Waals surface area (Å²) in [5.41, 5.74) is 5.38. The number of hydrogen-bond acceptors (Lipinski definition) is 1. The van der Waals surface area contributed by atoms with Crippen LogP contribution < -0.4 is 5.73 Å². The fourth-order valence-corrected chi connectivity index (χ4v) is 2.67. The minimum Gasteiger partial charge on any atom is -0.330 e. The van der Waals surface area contributed by atoms with Gasteiger partial charge >= 0.3 is 0 Å². The maximum atomic E-state index is 5.73. The second-order valence-corrected chi connectivity index (χ2v) is 8.28. The third-order valence-electron chi connectivity index (χ3n) is 1.88. The van der Waals surface area contributed by atoms with Crippen LogP contribution in [-0.2, 0) is 0 Å². The molecule has 0 unspecified atom stereocenters. The Balaban J connectivity index is 2.82. The maximum Gasteiger partial charge on any atom is 0.237 e. The van der Waals surface area contributed by atoms with E-state index in [4.69, 9.17) is 27.9 Å². The van der Waals surface area contributed by atoms with Crippen LogP contribution in [0.3, 0.4) is 0 Å². The van der Waals surface area contributed by atoms with Crippen molar-refractivity contribution < 1.29 is 0 Å². The van der Waals surface area contributed by atoms with E-state index < -0.39 is 7.42 Å². The SMILES string of the molecule is NCCCCCCCC[SiH](Cl)Cl. The predicted molar refractivity (Wildman–Crippen MR) is 60.4 cm³/mol. The van der Waals surface area contributed by atoms with Crippen molar-refractivity contribution in [3.05, 3.63) is 0 Å². The first kappa shape index (κ1) is 12.8. The van der Waals surface area contributed by atoms with Crippen molar-refractivity contribution in [2.75, 3.05) is 6.54 Å². The van der Waals surface area contributed by atoms with Crippen molar-refractivity contribution in [1.29, 1.82) is 0 Å². The molecule has 0 aliphatic carbocycles. The zero-order valence-corrected chi connectivity index (χ0v) is 10.2. The van der Waals surface area contributed by atoms with Crippen LogP contribution in [0.1, 0.15) is 38.5 Å². The predicted octanol–water partition coefficient (Wildman–Crippen LogP) is 2.98. The molecule has 0 saturated carbocycles. The molecular weight excluding hydrogens is 209 g/mol. The molecule has 74 valence electrons. The van der Waals surface area contributed by atoms with E-state index in [1.165, 1.54) is 38.5 Å². The van der Waals surface area contributed by atoms with Gasteiger partial charge in [0, 0.05) is 0 Å². The minimum atomic E-state index is -1.31. The van der Waals surface area contributed by atoms with Gasteiger partial charge in [0.05, 0.1) is 0 Å². The molecule has 0 fully saturated rings. The second-order valence-electron chi connectivity index (χ2n) is 3.09. The topological polar surface area (TPSA) is 26.0 Å². The molecule has 0 aromatic heterocycles. The first-order valence-electron chi connectivity index (χ1n) is 4.75. The second kappa shape index (κ2) is 9.84. The molecule has 0 amide bonds. The molecule has 0 aliphatic heterocycles. The monoisotopic (exact) mass is 227 g/mol. The van der Waals surface area contributed by atoms with Gasteiger partial charge in [-0.15, -0.1) is 0 Å². The summed E-state index contributed by atoms with van der Waals surface area (Å²) < 4.78 is 0. The molecule has 0 aromatic rings. The van der Waals surface area contributed by atoms with E-state index in [0.717, 1.165) is 12.6 Å². The van der Waals surface area contributed by atoms with Crippen molar-refractivity contribution in [2.24, 2.45) is 5.73 Å². The molecular formula is C8H19Cl2NSi. The van der Waals surface area contributed by atoms with Crippen LogP contribution in [0.4, 0.5) is 0 Å². The molecule has 0 rings (SSSR count). The van der Waals surface area contributed by atoms with Gasteiger partial charge in [-0.05, 0) is 19.0 Å². The van der Waals surface area contributed by atoms with Gasteiger partial charge in [0.1, 0.15) is 0 Å². The maximum absolute atomic E-state index is 5.73. The molecule has 2 N–H and O–H groups in total. The van der Waals surface area contributed by atoms with Gasteiger partial charge in [-0.3, -0.25) is 0 Å². The summed E-state index contributed by atoms with van der Waals surface area (Å²) >= 11 is 11.5. The largest absolute Gasteiger partial charge is 0.330 e. The summed E-state index contributed by atoms with van der Waals surface area (Å²) in [6.45, 7) is 0.832. The lowest BCUT2D eigenvalue weighted by atomic mass is 10.1. The van der Waals surface area contributed by atoms with Crippen LogP contribution in [0.25, 0.3) is 0 Å². The molecule has 0 saturated heterocycles. The Hall–Kier alpha value is 0.757. The summed E-state index contributed by atoms with van der Waals surface area (Å²) in [7, 11) is -1.31. The summed E-state index contributed by atoms with van der Waals surface area (Å²) in [5, 5.41) is 0. The van der Waals surface area contributed by atoms with E-state index in [1.54, 1.807) is 0 Å². The molecule has 0 atom stereocenters. The molecule has 0 heterocycles. The minimum absolute atomic E-state index is 0.832. The Bertz CT molecular complexity index is 91.1. The lowest BCUT2D eigenvalue weighted by molar-refractivity contribution is 0.611. The third kappa shape index (κ3) is 10.8. The fourth-order valence-electron chi connectivity index (χ4n) is 1.15. The van der Waals surface area contributed by atoms with E-state index in [0.29, 0.717) is 0 Å². The number of unbranched alkanes of at least 4 members (excludes halogenated alkanes) is 5. The highest BCUT2D eigenvalue weighted by Gasteiger charge is 2.00. The Kier molecular flexibility index (Phi) is 10.5. The standard InChI is InChI=1S/C8H19Cl2NSi/c9-12(10)8-6-4-2-1-3-5-7-11/h12H,1-8,11H2. The molecule has 0 aliphatic rings. The summed E-state index contributed by atoms with van der Waals surface area (Å²) in [5.74, 6) is 0. The lowest BCUT2D eigenvalue weighted by Gasteiger charge is -2.00. The first-order valence-corrected chi connectivity index (χ1v) is 9.06. The van der Waals surface area contributed by atoms with Crippen LogP contribution >= 0.6 is 22.2 Å². The number of halogens is 2. The van der Waals surface area contributed by atoms with E-state index >= 15 is 0 Å². The molecule has 0 spiro atoms. The zero-order chi connectivity index (χ0) is 9.23. The van der Waals surface area contributed by atoms with Gasteiger partial charge in [0.25, 0.3) is 0 Å². The van der Waals surface area contributed by atoms with Gasteiger partial charge in [0.15, 0.2) is 0 Å². The molecule has 12 heavy (non-hydrogen) atoms. The molecule has 0 bridgehead atoms. The average molecular weight is 228 g/mol. The van der Waals surface area contributed by atoms with Crippen molar-refractivity contribution in [2.45, 2.75) is 44.6 Å². The van der Waals surface area contributed by atoms with E-state index in [2.05, 4.69) is 0 Å². The normalized spacial score (nSPS) is 11.0. The van der Waals surface area contributed by atoms with Crippen LogP contribution in [0.2, 0.25) is 6.04 Å². The average Bonchev–Trinajstić information content (AvgIpc) is 2.02. The van der Waals surface area contributed by atoms with Gasteiger partial charge in [-0.2, -0.15) is 22.2 Å². The van der Waals surface area contributed by atoms with Crippen LogP contribution in [0.15, 0.2) is 0 Å². The van der Waals surface area contributed by atoms with Crippen LogP contribution in [0.5, 0.6) is 0 Å². The quantitative estimate of drug-likeness (QED) is 0.386. The number of nitrogens with two attached hydrogens (primary N) is 1. The van der Waals surface area contributed by atoms with E-state index in [1.807, 2.05) is 0 Å². The van der Waals surface area contributed by atoms with Crippen molar-refractivity contribution in [1.82, 2.24) is 0 Å². The summed E-state index contributed by atoms with van der Waals surface area (Å²) in [6, 6.07) is 1.07. The smallest absolute Gasteiger partial charge is 0.237 e. The third-order valence-corrected chi connectivity index (χ3v) is 4.03. The van der Waals surface area contributed by atoms with Crippen molar-refractivity contribution in [3.8, 4) is 0 Å². The highest BCUT2D eigenvalue weighted by molar-refractivity contribution is 7.33. The van der Waals surface area contributed by atoms with Gasteiger partial charge in [0.2, 0.25) is 7.42 Å². The van der Waals surface area contributed by atoms with Crippen molar-refractivity contribution >= 4 is 29.6 Å². The highest BCUT2D eigenvalue weighted by atomic mass is 35.7. The molecule has 4 heteroatoms. The first-order chi connectivity index (χ1) is 5.77. The molecule has 0 aromatic carbocycles. The van der Waals surface area contributed by atoms with Gasteiger partial charge in [-0.1, -0.05) is 32.1 Å². The Morgan fingerprint density at radius 2 is 1.33 bits per heavy atom. The Morgan fingerprint density at radius 3 is 1.83 bits per heavy atom. The zero-order valence-electron chi connectivity index (χ0n) is 7.57. The van der Waals surface area contributed by atoms with E-state index in [-0.39, 0.29) is 0 Å². The highest BCUT2D eigenvalue weighted by Crippen LogP contribution is 2.12. The van der Waals surface area contributed by atoms with Crippen LogP contribution in [0, 0.1) is 0 Å². The molecule has 1 nitrogen and oxygen atoms in total. The summed E-state index contributed by atoms with van der Waals surface area (Å²) in [4.78, 5) is 0. The number of hydrogen-bond donors (Lipinski definition) is 1. The van der Waals surface area contributed by atoms with Crippen LogP contribution in [-0.4, -0.2) is 14.0 Å². The molecule has 0 radical (unpaired) electrons. The Labute approximate surface area is 86.6 Å².